The fourth-order valence-electron chi connectivity index (χ4n) is 6.50. The molecule has 0 saturated carbocycles. The van der Waals surface area contributed by atoms with Gasteiger partial charge in [0.25, 0.3) is 0 Å². The summed E-state index contributed by atoms with van der Waals surface area (Å²) in [6, 6.07) is 24.5. The first-order valence-corrected chi connectivity index (χ1v) is 17.1. The first-order chi connectivity index (χ1) is 23.0. The van der Waals surface area contributed by atoms with Crippen molar-refractivity contribution in [2.75, 3.05) is 19.6 Å². The Morgan fingerprint density at radius 1 is 0.787 bits per heavy atom. The predicted octanol–water partition coefficient (Wildman–Crippen LogP) is 6.34. The minimum Gasteiger partial charge on any atom is -0.392 e. The number of nitrogens with one attached hydrogen (secondary N) is 2. The molecule has 2 heterocycles. The van der Waals surface area contributed by atoms with Crippen LogP contribution in [0.5, 0.6) is 0 Å². The number of ether oxygens (including phenoxy) is 2. The Kier molecular flexibility index (Phi) is 13.4. The van der Waals surface area contributed by atoms with Crippen molar-refractivity contribution >= 4 is 11.8 Å². The highest BCUT2D eigenvalue weighted by molar-refractivity contribution is 5.76. The van der Waals surface area contributed by atoms with Crippen LogP contribution in [-0.2, 0) is 32.2 Å². The summed E-state index contributed by atoms with van der Waals surface area (Å²) in [4.78, 5) is 26.2. The summed E-state index contributed by atoms with van der Waals surface area (Å²) in [6.07, 6.45) is 7.89. The number of unbranched alkanes of at least 4 members (excludes halogenated alkanes) is 3. The molecule has 0 aromatic heterocycles. The summed E-state index contributed by atoms with van der Waals surface area (Å²) in [5.74, 6) is -0.367. The molecule has 9 nitrogen and oxygen atoms in total. The zero-order chi connectivity index (χ0) is 32.8. The van der Waals surface area contributed by atoms with Crippen LogP contribution in [0.3, 0.4) is 0 Å². The molecule has 0 unspecified atom stereocenters. The number of likely N-dealkylation sites (tertiary alicyclic amines) is 1. The molecule has 47 heavy (non-hydrogen) atoms. The first-order valence-electron chi connectivity index (χ1n) is 17.1. The van der Waals surface area contributed by atoms with Gasteiger partial charge in [-0.05, 0) is 66.6 Å². The molecule has 2 saturated heterocycles. The second-order valence-corrected chi connectivity index (χ2v) is 12.7. The molecule has 5 rings (SSSR count). The first kappa shape index (κ1) is 34.7. The van der Waals surface area contributed by atoms with E-state index >= 15 is 0 Å². The van der Waals surface area contributed by atoms with Gasteiger partial charge < -0.3 is 24.8 Å². The molecular formula is C38H49N3O6. The minimum absolute atomic E-state index is 0.00881. The number of aliphatic hydroxyl groups excluding tert-OH is 1. The highest BCUT2D eigenvalue weighted by atomic mass is 16.7. The Labute approximate surface area is 278 Å². The molecule has 2 aliphatic heterocycles. The van der Waals surface area contributed by atoms with Gasteiger partial charge in [-0.3, -0.25) is 14.8 Å². The minimum atomic E-state index is -0.489. The van der Waals surface area contributed by atoms with E-state index < -0.39 is 6.29 Å². The molecule has 252 valence electrons. The number of carbonyl (C=O) groups is 2. The molecule has 4 N–H and O–H groups in total. The smallest absolute Gasteiger partial charge is 0.243 e. The Hall–Kier alpha value is -3.60. The molecule has 2 amide bonds. The van der Waals surface area contributed by atoms with Crippen molar-refractivity contribution in [1.82, 2.24) is 15.7 Å². The number of nitrogens with zero attached hydrogens (tertiary/aromatic N) is 1. The zero-order valence-electron chi connectivity index (χ0n) is 27.2. The Morgan fingerprint density at radius 2 is 1.47 bits per heavy atom. The van der Waals surface area contributed by atoms with Crippen LogP contribution in [0.15, 0.2) is 72.8 Å². The topological polar surface area (TPSA) is 120 Å². The Bertz CT molecular complexity index is 1410. The molecular weight excluding hydrogens is 594 g/mol. The third kappa shape index (κ3) is 10.4. The normalized spacial score (nSPS) is 20.1. The van der Waals surface area contributed by atoms with Crippen LogP contribution < -0.4 is 10.8 Å². The molecule has 0 bridgehead atoms. The van der Waals surface area contributed by atoms with Crippen LogP contribution in [0, 0.1) is 0 Å². The van der Waals surface area contributed by atoms with Crippen molar-refractivity contribution in [3.8, 4) is 11.1 Å². The lowest BCUT2D eigenvalue weighted by Crippen LogP contribution is -2.41. The number of rotatable bonds is 15. The van der Waals surface area contributed by atoms with Gasteiger partial charge in [-0.1, -0.05) is 92.1 Å². The third-order valence-corrected chi connectivity index (χ3v) is 9.20. The molecule has 3 atom stereocenters. The molecule has 0 aliphatic carbocycles. The molecule has 3 aromatic carbocycles. The summed E-state index contributed by atoms with van der Waals surface area (Å²) in [7, 11) is 0. The largest absolute Gasteiger partial charge is 0.392 e. The highest BCUT2D eigenvalue weighted by Crippen LogP contribution is 2.39. The van der Waals surface area contributed by atoms with E-state index in [1.807, 2.05) is 30.3 Å². The SMILES string of the molecule is O=C(CCCCCCC(=O)NCc1ccccc1-c1ccc([C@H]2O[C@@H](CN3CCCCC3)C[C@@H](c3ccc(CO)cc3)O2)cc1)NO. The Morgan fingerprint density at radius 3 is 2.17 bits per heavy atom. The van der Waals surface area contributed by atoms with Gasteiger partial charge in [-0.25, -0.2) is 5.48 Å². The predicted molar refractivity (Wildman–Crippen MR) is 180 cm³/mol. The van der Waals surface area contributed by atoms with E-state index in [0.717, 1.165) is 78.7 Å². The second-order valence-electron chi connectivity index (χ2n) is 12.7. The monoisotopic (exact) mass is 643 g/mol. The number of hydrogen-bond acceptors (Lipinski definition) is 7. The third-order valence-electron chi connectivity index (χ3n) is 9.20. The van der Waals surface area contributed by atoms with E-state index in [4.69, 9.17) is 14.7 Å². The summed E-state index contributed by atoms with van der Waals surface area (Å²) in [5, 5.41) is 21.1. The number of piperidine rings is 1. The number of amides is 2. The summed E-state index contributed by atoms with van der Waals surface area (Å²) in [6.45, 7) is 3.59. The van der Waals surface area contributed by atoms with E-state index in [9.17, 15) is 14.7 Å². The van der Waals surface area contributed by atoms with Crippen LogP contribution in [0.4, 0.5) is 0 Å². The van der Waals surface area contributed by atoms with Gasteiger partial charge in [0.2, 0.25) is 11.8 Å². The standard InChI is InChI=1S/C38H49N3O6/c42-27-28-14-16-30(17-15-28)35-24-33(26-41-22-8-3-9-23-41)46-38(47-35)31-20-18-29(19-21-31)34-11-7-6-10-32(34)25-39-36(43)12-4-1-2-5-13-37(44)40-45/h6-7,10-11,14-21,33,35,38,42,45H,1-5,8-9,12-13,22-27H2,(H,39,43)(H,40,44)/t33-,35+,38+/m1/s1. The lowest BCUT2D eigenvalue weighted by atomic mass is 9.97. The van der Waals surface area contributed by atoms with Crippen LogP contribution in [0.25, 0.3) is 11.1 Å². The van der Waals surface area contributed by atoms with Crippen molar-refractivity contribution < 1.29 is 29.4 Å². The van der Waals surface area contributed by atoms with Gasteiger partial charge in [-0.2, -0.15) is 0 Å². The molecule has 9 heteroatoms. The number of carbonyl (C=O) groups excluding carboxylic acids is 2. The quantitative estimate of drug-likeness (QED) is 0.0867. The number of aliphatic hydroxyl groups is 1. The van der Waals surface area contributed by atoms with Gasteiger partial charge in [0, 0.05) is 37.9 Å². The van der Waals surface area contributed by atoms with E-state index in [-0.39, 0.29) is 30.6 Å². The summed E-state index contributed by atoms with van der Waals surface area (Å²) in [5.41, 5.74) is 7.76. The van der Waals surface area contributed by atoms with E-state index in [0.29, 0.717) is 25.8 Å². The van der Waals surface area contributed by atoms with Crippen molar-refractivity contribution in [1.29, 1.82) is 0 Å². The summed E-state index contributed by atoms with van der Waals surface area (Å²) >= 11 is 0. The molecule has 0 spiro atoms. The van der Waals surface area contributed by atoms with Gasteiger partial charge in [0.1, 0.15) is 0 Å². The lowest BCUT2D eigenvalue weighted by Gasteiger charge is -2.39. The summed E-state index contributed by atoms with van der Waals surface area (Å²) < 4.78 is 13.2. The van der Waals surface area contributed by atoms with Gasteiger partial charge in [-0.15, -0.1) is 0 Å². The molecule has 3 aromatic rings. The van der Waals surface area contributed by atoms with Crippen LogP contribution in [0.1, 0.15) is 98.9 Å². The van der Waals surface area contributed by atoms with Crippen molar-refractivity contribution in [2.45, 2.75) is 95.9 Å². The van der Waals surface area contributed by atoms with E-state index in [1.165, 1.54) is 19.3 Å². The number of hydrogen-bond donors (Lipinski definition) is 4. The molecule has 0 radical (unpaired) electrons. The van der Waals surface area contributed by atoms with Crippen LogP contribution >= 0.6 is 0 Å². The van der Waals surface area contributed by atoms with Crippen LogP contribution in [0.2, 0.25) is 0 Å². The van der Waals surface area contributed by atoms with E-state index in [1.54, 1.807) is 5.48 Å². The lowest BCUT2D eigenvalue weighted by molar-refractivity contribution is -0.253. The fourth-order valence-corrected chi connectivity index (χ4v) is 6.50. The average molecular weight is 644 g/mol. The van der Waals surface area contributed by atoms with Gasteiger partial charge in [0.15, 0.2) is 6.29 Å². The maximum Gasteiger partial charge on any atom is 0.243 e. The zero-order valence-corrected chi connectivity index (χ0v) is 27.2. The maximum absolute atomic E-state index is 12.5. The van der Waals surface area contributed by atoms with Gasteiger partial charge >= 0.3 is 0 Å². The fraction of sp³-hybridized carbons (Fsp3) is 0.474. The molecule has 2 fully saturated rings. The van der Waals surface area contributed by atoms with Gasteiger partial charge in [0.05, 0.1) is 18.8 Å². The average Bonchev–Trinajstić information content (AvgIpc) is 3.12. The highest BCUT2D eigenvalue weighted by Gasteiger charge is 2.33. The Balaban J connectivity index is 1.20. The second kappa shape index (κ2) is 18.1. The van der Waals surface area contributed by atoms with Crippen LogP contribution in [-0.4, -0.2) is 52.8 Å². The number of hydroxylamine groups is 1. The van der Waals surface area contributed by atoms with Crippen molar-refractivity contribution in [3.63, 3.8) is 0 Å². The molecule has 2 aliphatic rings. The van der Waals surface area contributed by atoms with Crippen molar-refractivity contribution in [3.05, 3.63) is 95.1 Å². The number of benzene rings is 3. The maximum atomic E-state index is 12.5. The van der Waals surface area contributed by atoms with E-state index in [2.05, 4.69) is 52.7 Å². The van der Waals surface area contributed by atoms with Crippen molar-refractivity contribution in [2.24, 2.45) is 0 Å².